The standard InChI is InChI=1S/C17H14BrN5/c18-13-4-2-1-3-10(13)9-23-8-7-11-14(23)6-5-12-15(11)21-17(20)22-16(12)19/h1-8H,9H2,(H4,19,20,21,22). The molecule has 6 heteroatoms. The molecular weight excluding hydrogens is 354 g/mol. The van der Waals surface area contributed by atoms with Gasteiger partial charge in [-0.3, -0.25) is 0 Å². The molecule has 0 saturated heterocycles. The monoisotopic (exact) mass is 367 g/mol. The number of fused-ring (bicyclic) bond motifs is 3. The van der Waals surface area contributed by atoms with Crippen LogP contribution in [0.5, 0.6) is 0 Å². The third-order valence-corrected chi connectivity index (χ3v) is 4.73. The van der Waals surface area contributed by atoms with Gasteiger partial charge in [-0.15, -0.1) is 0 Å². The van der Waals surface area contributed by atoms with E-state index >= 15 is 0 Å². The van der Waals surface area contributed by atoms with Crippen molar-refractivity contribution in [1.29, 1.82) is 0 Å². The van der Waals surface area contributed by atoms with E-state index in [4.69, 9.17) is 11.5 Å². The summed E-state index contributed by atoms with van der Waals surface area (Å²) in [5, 5.41) is 1.85. The minimum Gasteiger partial charge on any atom is -0.383 e. The molecule has 0 atom stereocenters. The topological polar surface area (TPSA) is 82.7 Å². The average molecular weight is 368 g/mol. The van der Waals surface area contributed by atoms with Gasteiger partial charge in [0.05, 0.1) is 11.0 Å². The summed E-state index contributed by atoms with van der Waals surface area (Å²) in [4.78, 5) is 8.39. The van der Waals surface area contributed by atoms with Crippen molar-refractivity contribution in [1.82, 2.24) is 14.5 Å². The Balaban J connectivity index is 1.90. The van der Waals surface area contributed by atoms with Gasteiger partial charge in [0, 0.05) is 28.0 Å². The molecule has 4 rings (SSSR count). The van der Waals surface area contributed by atoms with Crippen molar-refractivity contribution in [2.75, 3.05) is 11.5 Å². The molecule has 114 valence electrons. The van der Waals surface area contributed by atoms with Gasteiger partial charge in [0.2, 0.25) is 5.95 Å². The maximum Gasteiger partial charge on any atom is 0.222 e. The number of rotatable bonds is 2. The predicted octanol–water partition coefficient (Wildman–Crippen LogP) is 3.56. The van der Waals surface area contributed by atoms with Crippen LogP contribution in [0.4, 0.5) is 11.8 Å². The van der Waals surface area contributed by atoms with Crippen LogP contribution in [-0.4, -0.2) is 14.5 Å². The molecule has 23 heavy (non-hydrogen) atoms. The second-order valence-corrected chi connectivity index (χ2v) is 6.25. The van der Waals surface area contributed by atoms with Gasteiger partial charge in [-0.2, -0.15) is 4.98 Å². The van der Waals surface area contributed by atoms with Crippen molar-refractivity contribution in [2.45, 2.75) is 6.54 Å². The summed E-state index contributed by atoms with van der Waals surface area (Å²) in [6.45, 7) is 0.770. The number of nitrogen functional groups attached to an aromatic ring is 2. The number of halogens is 1. The third kappa shape index (κ3) is 2.31. The second-order valence-electron chi connectivity index (χ2n) is 5.40. The number of hydrogen-bond acceptors (Lipinski definition) is 4. The zero-order chi connectivity index (χ0) is 16.0. The fraction of sp³-hybridized carbons (Fsp3) is 0.0588. The van der Waals surface area contributed by atoms with Crippen LogP contribution >= 0.6 is 15.9 Å². The Hall–Kier alpha value is -2.60. The first-order valence-electron chi connectivity index (χ1n) is 7.17. The molecule has 0 saturated carbocycles. The Kier molecular flexibility index (Phi) is 3.20. The molecule has 2 heterocycles. The molecule has 4 aromatic rings. The van der Waals surface area contributed by atoms with Crippen LogP contribution < -0.4 is 11.5 Å². The van der Waals surface area contributed by atoms with Crippen molar-refractivity contribution in [3.05, 3.63) is 58.7 Å². The quantitative estimate of drug-likeness (QED) is 0.567. The van der Waals surface area contributed by atoms with Crippen LogP contribution in [-0.2, 0) is 6.54 Å². The lowest BCUT2D eigenvalue weighted by atomic mass is 10.1. The molecule has 0 spiro atoms. The van der Waals surface area contributed by atoms with E-state index in [1.165, 1.54) is 5.56 Å². The van der Waals surface area contributed by atoms with Crippen LogP contribution in [0.1, 0.15) is 5.56 Å². The number of hydrogen-bond donors (Lipinski definition) is 2. The van der Waals surface area contributed by atoms with Crippen LogP contribution in [0.2, 0.25) is 0 Å². The Morgan fingerprint density at radius 1 is 0.957 bits per heavy atom. The van der Waals surface area contributed by atoms with Crippen LogP contribution in [0.25, 0.3) is 21.8 Å². The highest BCUT2D eigenvalue weighted by molar-refractivity contribution is 9.10. The average Bonchev–Trinajstić information content (AvgIpc) is 2.93. The van der Waals surface area contributed by atoms with Gasteiger partial charge in [-0.1, -0.05) is 34.1 Å². The number of anilines is 2. The number of benzene rings is 2. The fourth-order valence-corrected chi connectivity index (χ4v) is 3.27. The van der Waals surface area contributed by atoms with Crippen LogP contribution in [0.15, 0.2) is 53.1 Å². The fourth-order valence-electron chi connectivity index (χ4n) is 2.86. The van der Waals surface area contributed by atoms with E-state index in [9.17, 15) is 0 Å². The highest BCUT2D eigenvalue weighted by Gasteiger charge is 2.11. The number of aromatic nitrogens is 3. The zero-order valence-electron chi connectivity index (χ0n) is 12.2. The first-order valence-corrected chi connectivity index (χ1v) is 7.97. The molecule has 0 bridgehead atoms. The summed E-state index contributed by atoms with van der Waals surface area (Å²) in [7, 11) is 0. The summed E-state index contributed by atoms with van der Waals surface area (Å²) < 4.78 is 3.28. The first-order chi connectivity index (χ1) is 11.1. The molecule has 0 amide bonds. The Labute approximate surface area is 141 Å². The zero-order valence-corrected chi connectivity index (χ0v) is 13.8. The van der Waals surface area contributed by atoms with Gasteiger partial charge < -0.3 is 16.0 Å². The van der Waals surface area contributed by atoms with Gasteiger partial charge in [-0.05, 0) is 29.8 Å². The SMILES string of the molecule is Nc1nc(N)c2ccc3c(ccn3Cc3ccccc3Br)c2n1. The summed E-state index contributed by atoms with van der Waals surface area (Å²) in [5.41, 5.74) is 14.8. The van der Waals surface area contributed by atoms with E-state index in [1.807, 2.05) is 36.4 Å². The van der Waals surface area contributed by atoms with E-state index < -0.39 is 0 Å². The van der Waals surface area contributed by atoms with Crippen LogP contribution in [0.3, 0.4) is 0 Å². The van der Waals surface area contributed by atoms with E-state index in [-0.39, 0.29) is 5.95 Å². The van der Waals surface area contributed by atoms with Gasteiger partial charge in [0.25, 0.3) is 0 Å². The van der Waals surface area contributed by atoms with Crippen molar-refractivity contribution in [3.63, 3.8) is 0 Å². The lowest BCUT2D eigenvalue weighted by Crippen LogP contribution is -2.01. The normalized spacial score (nSPS) is 11.3. The van der Waals surface area contributed by atoms with E-state index in [0.29, 0.717) is 5.82 Å². The molecule has 0 aliphatic heterocycles. The highest BCUT2D eigenvalue weighted by atomic mass is 79.9. The molecule has 4 N–H and O–H groups in total. The largest absolute Gasteiger partial charge is 0.383 e. The lowest BCUT2D eigenvalue weighted by Gasteiger charge is -2.09. The molecule has 0 aliphatic rings. The predicted molar refractivity (Wildman–Crippen MR) is 97.1 cm³/mol. The summed E-state index contributed by atoms with van der Waals surface area (Å²) in [6.07, 6.45) is 2.05. The van der Waals surface area contributed by atoms with Crippen LogP contribution in [0, 0.1) is 0 Å². The summed E-state index contributed by atoms with van der Waals surface area (Å²) in [5.74, 6) is 0.606. The number of nitrogens with two attached hydrogens (primary N) is 2. The molecule has 0 fully saturated rings. The van der Waals surface area contributed by atoms with Gasteiger partial charge >= 0.3 is 0 Å². The van der Waals surface area contributed by atoms with Crippen molar-refractivity contribution in [2.24, 2.45) is 0 Å². The van der Waals surface area contributed by atoms with Crippen molar-refractivity contribution < 1.29 is 0 Å². The Morgan fingerprint density at radius 2 is 1.78 bits per heavy atom. The third-order valence-electron chi connectivity index (χ3n) is 3.96. The molecule has 0 aliphatic carbocycles. The molecule has 2 aromatic heterocycles. The number of nitrogens with zero attached hydrogens (tertiary/aromatic N) is 3. The second kappa shape index (κ2) is 5.24. The Morgan fingerprint density at radius 3 is 2.61 bits per heavy atom. The van der Waals surface area contributed by atoms with Gasteiger partial charge in [-0.25, -0.2) is 4.98 Å². The van der Waals surface area contributed by atoms with E-state index in [1.54, 1.807) is 0 Å². The maximum atomic E-state index is 5.95. The molecule has 2 aromatic carbocycles. The van der Waals surface area contributed by atoms with Crippen molar-refractivity contribution in [3.8, 4) is 0 Å². The smallest absolute Gasteiger partial charge is 0.222 e. The Bertz CT molecular complexity index is 1040. The first kappa shape index (κ1) is 14.0. The van der Waals surface area contributed by atoms with Gasteiger partial charge in [0.15, 0.2) is 0 Å². The summed E-state index contributed by atoms with van der Waals surface area (Å²) in [6, 6.07) is 14.2. The van der Waals surface area contributed by atoms with Gasteiger partial charge in [0.1, 0.15) is 5.82 Å². The highest BCUT2D eigenvalue weighted by Crippen LogP contribution is 2.29. The van der Waals surface area contributed by atoms with E-state index in [2.05, 4.69) is 42.7 Å². The van der Waals surface area contributed by atoms with E-state index in [0.717, 1.165) is 32.8 Å². The molecule has 0 radical (unpaired) electrons. The molecular formula is C17H14BrN5. The minimum absolute atomic E-state index is 0.195. The molecule has 5 nitrogen and oxygen atoms in total. The lowest BCUT2D eigenvalue weighted by molar-refractivity contribution is 0.833. The van der Waals surface area contributed by atoms with Crippen molar-refractivity contribution >= 4 is 49.5 Å². The molecule has 0 unspecified atom stereocenters. The summed E-state index contributed by atoms with van der Waals surface area (Å²) >= 11 is 3.60. The maximum absolute atomic E-state index is 5.95. The minimum atomic E-state index is 0.195.